The molecule has 0 spiro atoms. The van der Waals surface area contributed by atoms with Crippen LogP contribution in [-0.4, -0.2) is 17.0 Å². The largest absolute Gasteiger partial charge is 0.393 e. The number of aryl methyl sites for hydroxylation is 1. The summed E-state index contributed by atoms with van der Waals surface area (Å²) in [5, 5.41) is 9.00. The summed E-state index contributed by atoms with van der Waals surface area (Å²) in [6, 6.07) is 9.91. The van der Waals surface area contributed by atoms with E-state index in [9.17, 15) is 4.79 Å². The fourth-order valence-corrected chi connectivity index (χ4v) is 1.36. The molecule has 2 nitrogen and oxygen atoms in total. The Morgan fingerprint density at radius 2 is 2.00 bits per heavy atom. The third-order valence-electron chi connectivity index (χ3n) is 2.06. The predicted molar refractivity (Wildman–Crippen MR) is 56.1 cm³/mol. The van der Waals surface area contributed by atoms with Crippen molar-refractivity contribution in [3.05, 3.63) is 35.9 Å². The van der Waals surface area contributed by atoms with Crippen LogP contribution in [0.5, 0.6) is 0 Å². The van der Waals surface area contributed by atoms with Gasteiger partial charge >= 0.3 is 0 Å². The second-order valence-corrected chi connectivity index (χ2v) is 3.58. The first-order valence-corrected chi connectivity index (χ1v) is 4.92. The van der Waals surface area contributed by atoms with Crippen LogP contribution >= 0.6 is 0 Å². The highest BCUT2D eigenvalue weighted by molar-refractivity contribution is 5.79. The van der Waals surface area contributed by atoms with Gasteiger partial charge in [-0.2, -0.15) is 0 Å². The molecule has 0 aromatic heterocycles. The maximum atomic E-state index is 11.3. The van der Waals surface area contributed by atoms with Crippen LogP contribution in [0.15, 0.2) is 30.3 Å². The van der Waals surface area contributed by atoms with Crippen molar-refractivity contribution in [2.24, 2.45) is 0 Å². The lowest BCUT2D eigenvalue weighted by Gasteiger charge is -2.03. The minimum atomic E-state index is -0.515. The van der Waals surface area contributed by atoms with Crippen LogP contribution in [-0.2, 0) is 11.2 Å². The summed E-state index contributed by atoms with van der Waals surface area (Å²) < 4.78 is 0. The monoisotopic (exact) mass is 192 g/mol. The second-order valence-electron chi connectivity index (χ2n) is 3.58. The zero-order valence-corrected chi connectivity index (χ0v) is 8.44. The third kappa shape index (κ3) is 4.19. The van der Waals surface area contributed by atoms with Crippen molar-refractivity contribution in [1.82, 2.24) is 0 Å². The minimum Gasteiger partial charge on any atom is -0.393 e. The van der Waals surface area contributed by atoms with Crippen LogP contribution in [0.25, 0.3) is 0 Å². The number of carbonyl (C=O) groups excluding carboxylic acids is 1. The Bertz CT molecular complexity index is 278. The molecule has 0 heterocycles. The number of rotatable bonds is 5. The van der Waals surface area contributed by atoms with Crippen LogP contribution in [0.4, 0.5) is 0 Å². The van der Waals surface area contributed by atoms with Crippen molar-refractivity contribution in [1.29, 1.82) is 0 Å². The van der Waals surface area contributed by atoms with Gasteiger partial charge in [0.1, 0.15) is 5.78 Å². The van der Waals surface area contributed by atoms with Crippen LogP contribution < -0.4 is 0 Å². The molecule has 1 aromatic carbocycles. The van der Waals surface area contributed by atoms with Crippen molar-refractivity contribution in [2.75, 3.05) is 0 Å². The predicted octanol–water partition coefficient (Wildman–Crippen LogP) is 1.96. The summed E-state index contributed by atoms with van der Waals surface area (Å²) in [6.07, 6.45) is 1.05. The van der Waals surface area contributed by atoms with Crippen molar-refractivity contribution < 1.29 is 9.90 Å². The lowest BCUT2D eigenvalue weighted by Crippen LogP contribution is -2.09. The first kappa shape index (κ1) is 10.9. The maximum absolute atomic E-state index is 11.3. The molecule has 0 radical (unpaired) electrons. The van der Waals surface area contributed by atoms with Gasteiger partial charge in [-0.1, -0.05) is 30.3 Å². The van der Waals surface area contributed by atoms with E-state index in [-0.39, 0.29) is 12.2 Å². The first-order valence-electron chi connectivity index (χ1n) is 4.92. The summed E-state index contributed by atoms with van der Waals surface area (Å²) in [4.78, 5) is 11.3. The van der Waals surface area contributed by atoms with Crippen LogP contribution in [0.1, 0.15) is 25.3 Å². The normalized spacial score (nSPS) is 12.4. The summed E-state index contributed by atoms with van der Waals surface area (Å²) in [5.41, 5.74) is 1.17. The van der Waals surface area contributed by atoms with E-state index in [1.165, 1.54) is 5.56 Å². The molecule has 2 heteroatoms. The van der Waals surface area contributed by atoms with Crippen LogP contribution in [0.2, 0.25) is 0 Å². The highest BCUT2D eigenvalue weighted by atomic mass is 16.3. The lowest BCUT2D eigenvalue weighted by atomic mass is 10.0. The molecule has 0 fully saturated rings. The molecule has 14 heavy (non-hydrogen) atoms. The molecule has 0 unspecified atom stereocenters. The topological polar surface area (TPSA) is 37.3 Å². The minimum absolute atomic E-state index is 0.129. The molecular formula is C12H16O2. The first-order chi connectivity index (χ1) is 6.68. The number of aliphatic hydroxyl groups is 1. The standard InChI is InChI=1S/C12H16O2/c1-10(13)9-12(14)8-7-11-5-3-2-4-6-11/h2-6,10,13H,7-9H2,1H3/t10-/m1/s1. The molecular weight excluding hydrogens is 176 g/mol. The molecule has 0 aliphatic carbocycles. The van der Waals surface area contributed by atoms with E-state index in [0.29, 0.717) is 6.42 Å². The van der Waals surface area contributed by atoms with E-state index in [4.69, 9.17) is 5.11 Å². The van der Waals surface area contributed by atoms with Gasteiger partial charge in [0.2, 0.25) is 0 Å². The zero-order chi connectivity index (χ0) is 10.4. The summed E-state index contributed by atoms with van der Waals surface area (Å²) in [5.74, 6) is 0.129. The number of ketones is 1. The molecule has 0 amide bonds. The molecule has 0 saturated carbocycles. The highest BCUT2D eigenvalue weighted by Gasteiger charge is 2.05. The molecule has 1 N–H and O–H groups in total. The molecule has 0 saturated heterocycles. The average Bonchev–Trinajstić information content (AvgIpc) is 2.15. The number of Topliss-reactive ketones (excluding diaryl/α,β-unsaturated/α-hetero) is 1. The van der Waals surface area contributed by atoms with Gasteiger partial charge in [-0.15, -0.1) is 0 Å². The van der Waals surface area contributed by atoms with Gasteiger partial charge in [-0.05, 0) is 18.9 Å². The fraction of sp³-hybridized carbons (Fsp3) is 0.417. The number of hydrogen-bond acceptors (Lipinski definition) is 2. The van der Waals surface area contributed by atoms with Gasteiger partial charge in [0.15, 0.2) is 0 Å². The second kappa shape index (κ2) is 5.55. The smallest absolute Gasteiger partial charge is 0.135 e. The van der Waals surface area contributed by atoms with Crippen molar-refractivity contribution in [3.8, 4) is 0 Å². The van der Waals surface area contributed by atoms with E-state index in [1.807, 2.05) is 30.3 Å². The summed E-state index contributed by atoms with van der Waals surface area (Å²) >= 11 is 0. The Hall–Kier alpha value is -1.15. The molecule has 76 valence electrons. The van der Waals surface area contributed by atoms with Gasteiger partial charge in [0.25, 0.3) is 0 Å². The van der Waals surface area contributed by atoms with Crippen LogP contribution in [0, 0.1) is 0 Å². The van der Waals surface area contributed by atoms with Gasteiger partial charge in [0.05, 0.1) is 6.10 Å². The molecule has 0 aliphatic rings. The van der Waals surface area contributed by atoms with E-state index in [1.54, 1.807) is 6.92 Å². The van der Waals surface area contributed by atoms with E-state index in [0.717, 1.165) is 6.42 Å². The van der Waals surface area contributed by atoms with Crippen molar-refractivity contribution in [2.45, 2.75) is 32.3 Å². The highest BCUT2D eigenvalue weighted by Crippen LogP contribution is 2.04. The van der Waals surface area contributed by atoms with E-state index < -0.39 is 6.10 Å². The molecule has 0 bridgehead atoms. The lowest BCUT2D eigenvalue weighted by molar-refractivity contribution is -0.120. The Labute approximate surface area is 84.6 Å². The van der Waals surface area contributed by atoms with Gasteiger partial charge in [0, 0.05) is 12.8 Å². The average molecular weight is 192 g/mol. The number of hydrogen-bond donors (Lipinski definition) is 1. The maximum Gasteiger partial charge on any atom is 0.135 e. The Morgan fingerprint density at radius 3 is 2.57 bits per heavy atom. The number of carbonyl (C=O) groups is 1. The van der Waals surface area contributed by atoms with E-state index >= 15 is 0 Å². The number of aliphatic hydroxyl groups excluding tert-OH is 1. The Morgan fingerprint density at radius 1 is 1.36 bits per heavy atom. The van der Waals surface area contributed by atoms with Crippen molar-refractivity contribution >= 4 is 5.78 Å². The van der Waals surface area contributed by atoms with Gasteiger partial charge in [-0.3, -0.25) is 4.79 Å². The van der Waals surface area contributed by atoms with Gasteiger partial charge < -0.3 is 5.11 Å². The third-order valence-corrected chi connectivity index (χ3v) is 2.06. The Kier molecular flexibility index (Phi) is 4.33. The van der Waals surface area contributed by atoms with Crippen molar-refractivity contribution in [3.63, 3.8) is 0 Å². The van der Waals surface area contributed by atoms with Crippen LogP contribution in [0.3, 0.4) is 0 Å². The Balaban J connectivity index is 2.31. The zero-order valence-electron chi connectivity index (χ0n) is 8.44. The molecule has 1 aromatic rings. The quantitative estimate of drug-likeness (QED) is 0.774. The fourth-order valence-electron chi connectivity index (χ4n) is 1.36. The summed E-state index contributed by atoms with van der Waals surface area (Å²) in [6.45, 7) is 1.64. The SMILES string of the molecule is C[C@@H](O)CC(=O)CCc1ccccc1. The molecule has 1 atom stereocenters. The molecule has 1 rings (SSSR count). The number of benzene rings is 1. The van der Waals surface area contributed by atoms with Gasteiger partial charge in [-0.25, -0.2) is 0 Å². The molecule has 0 aliphatic heterocycles. The summed E-state index contributed by atoms with van der Waals surface area (Å²) in [7, 11) is 0. The van der Waals surface area contributed by atoms with E-state index in [2.05, 4.69) is 0 Å².